The average molecular weight is 621 g/mol. The Kier molecular flexibility index (Phi) is 8.28. The summed E-state index contributed by atoms with van der Waals surface area (Å²) < 4.78 is 42.1. The number of esters is 1. The van der Waals surface area contributed by atoms with Gasteiger partial charge in [-0.2, -0.15) is 19.1 Å². The molecule has 2 aliphatic rings. The molecule has 3 unspecified atom stereocenters. The zero-order chi connectivity index (χ0) is 31.2. The molecule has 0 saturated carbocycles. The first kappa shape index (κ1) is 30.6. The quantitative estimate of drug-likeness (QED) is 0.325. The van der Waals surface area contributed by atoms with Crippen LogP contribution in [0.15, 0.2) is 27.9 Å². The molecule has 43 heavy (non-hydrogen) atoms. The lowest BCUT2D eigenvalue weighted by Gasteiger charge is -2.38. The van der Waals surface area contributed by atoms with Crippen molar-refractivity contribution in [3.05, 3.63) is 34.2 Å². The van der Waals surface area contributed by atoms with Gasteiger partial charge in [0.25, 0.3) is 5.56 Å². The van der Waals surface area contributed by atoms with E-state index in [-0.39, 0.29) is 52.8 Å². The maximum atomic E-state index is 14.0. The summed E-state index contributed by atoms with van der Waals surface area (Å²) in [5.74, 6) is -3.12. The average Bonchev–Trinajstić information content (AvgIpc) is 3.29. The van der Waals surface area contributed by atoms with Crippen LogP contribution in [0.3, 0.4) is 0 Å². The normalized spacial score (nSPS) is 23.2. The molecule has 2 aromatic heterocycles. The third-order valence-electron chi connectivity index (χ3n) is 7.19. The zero-order valence-corrected chi connectivity index (χ0v) is 24.8. The summed E-state index contributed by atoms with van der Waals surface area (Å²) in [5, 5.41) is 25.6. The number of hydrogen-bond donors (Lipinski definition) is 2. The van der Waals surface area contributed by atoms with Gasteiger partial charge in [0.15, 0.2) is 29.8 Å². The second-order valence-corrected chi connectivity index (χ2v) is 12.1. The maximum Gasteiger partial charge on any atom is 0.364 e. The lowest BCUT2D eigenvalue weighted by atomic mass is 10.1. The summed E-state index contributed by atoms with van der Waals surface area (Å²) in [7, 11) is -1.18. The highest BCUT2D eigenvalue weighted by molar-refractivity contribution is 7.89. The fourth-order valence-corrected chi connectivity index (χ4v) is 6.60. The van der Waals surface area contributed by atoms with Crippen LogP contribution in [0.4, 0.5) is 0 Å². The van der Waals surface area contributed by atoms with Gasteiger partial charge in [-0.3, -0.25) is 14.4 Å². The number of sulfonamides is 1. The molecule has 1 fully saturated rings. The van der Waals surface area contributed by atoms with Crippen molar-refractivity contribution in [2.24, 2.45) is 7.05 Å². The van der Waals surface area contributed by atoms with E-state index in [9.17, 15) is 33.0 Å². The number of carbonyl (C=O) groups is 2. The number of aromatic nitrogens is 4. The van der Waals surface area contributed by atoms with Crippen molar-refractivity contribution in [2.75, 3.05) is 33.3 Å². The second kappa shape index (κ2) is 11.6. The molecule has 5 rings (SSSR count). The van der Waals surface area contributed by atoms with Gasteiger partial charge in [0.2, 0.25) is 10.0 Å². The van der Waals surface area contributed by atoms with E-state index in [1.807, 2.05) is 6.92 Å². The van der Waals surface area contributed by atoms with Crippen LogP contribution in [0.1, 0.15) is 26.0 Å². The van der Waals surface area contributed by atoms with E-state index in [1.165, 1.54) is 29.9 Å². The summed E-state index contributed by atoms with van der Waals surface area (Å²) >= 11 is 0. The van der Waals surface area contributed by atoms with E-state index in [1.54, 1.807) is 18.9 Å². The van der Waals surface area contributed by atoms with E-state index in [0.29, 0.717) is 25.1 Å². The molecule has 16 nitrogen and oxygen atoms in total. The largest absolute Gasteiger partial charge is 0.493 e. The Morgan fingerprint density at radius 1 is 1.05 bits per heavy atom. The molecule has 2 aliphatic heterocycles. The molecule has 17 heteroatoms. The topological polar surface area (TPSA) is 196 Å². The molecule has 0 amide bonds. The van der Waals surface area contributed by atoms with Crippen molar-refractivity contribution in [3.8, 4) is 17.1 Å². The number of piperazine rings is 1. The van der Waals surface area contributed by atoms with E-state index in [4.69, 9.17) is 14.3 Å². The minimum atomic E-state index is -4.37. The monoisotopic (exact) mass is 620 g/mol. The van der Waals surface area contributed by atoms with Crippen LogP contribution in [-0.4, -0.2) is 111 Å². The molecule has 0 radical (unpaired) electrons. The number of likely N-dealkylation sites (N-methyl/N-ethyl adjacent to an activating group) is 1. The second-order valence-electron chi connectivity index (χ2n) is 10.2. The van der Waals surface area contributed by atoms with Crippen molar-refractivity contribution < 1.29 is 42.5 Å². The van der Waals surface area contributed by atoms with Crippen LogP contribution < -0.4 is 15.1 Å². The predicted molar refractivity (Wildman–Crippen MR) is 148 cm³/mol. The number of hydrogen-bond acceptors (Lipinski definition) is 13. The number of carbonyl (C=O) groups excluding carboxylic acids is 2. The summed E-state index contributed by atoms with van der Waals surface area (Å²) in [5.41, 5.74) is -0.451. The smallest absolute Gasteiger partial charge is 0.364 e. The molecule has 1 saturated heterocycles. The minimum absolute atomic E-state index is 0.0178. The lowest BCUT2D eigenvalue weighted by molar-refractivity contribution is -0.182. The van der Waals surface area contributed by atoms with E-state index in [2.05, 4.69) is 10.1 Å². The third kappa shape index (κ3) is 5.38. The van der Waals surface area contributed by atoms with E-state index >= 15 is 0 Å². The number of ether oxygens (including phenoxy) is 2. The van der Waals surface area contributed by atoms with Crippen LogP contribution in [0.25, 0.3) is 22.4 Å². The van der Waals surface area contributed by atoms with E-state index < -0.39 is 46.0 Å². The SMILES string of the molecule is CCCc1nn(C)c2c(=O)nc3n(c12)OC(=O)C(O)C(O)C(=O)OC1CN(C)CCN1S(=O)(=O)c1ccc(OCC)c-3c1. The number of benzene rings is 1. The molecular formula is C26H32N6O10S. The number of aliphatic hydroxyl groups is 2. The van der Waals surface area contributed by atoms with Crippen LogP contribution >= 0.6 is 0 Å². The molecule has 0 spiro atoms. The predicted octanol–water partition coefficient (Wildman–Crippen LogP) is -1.36. The summed E-state index contributed by atoms with van der Waals surface area (Å²) in [6, 6.07) is 3.90. The van der Waals surface area contributed by atoms with Crippen LogP contribution in [0.2, 0.25) is 0 Å². The number of rotatable bonds is 4. The first-order chi connectivity index (χ1) is 20.4. The fourth-order valence-electron chi connectivity index (χ4n) is 5.09. The van der Waals surface area contributed by atoms with Crippen LogP contribution in [0, 0.1) is 0 Å². The molecule has 4 heterocycles. The number of aliphatic hydroxyl groups excluding tert-OH is 2. The van der Waals surface area contributed by atoms with Crippen LogP contribution in [0.5, 0.6) is 5.75 Å². The van der Waals surface area contributed by atoms with Gasteiger partial charge < -0.3 is 24.5 Å². The molecular weight excluding hydrogens is 588 g/mol. The molecule has 2 N–H and O–H groups in total. The Hall–Kier alpha value is -3.90. The van der Waals surface area contributed by atoms with Crippen molar-refractivity contribution in [3.63, 3.8) is 0 Å². The molecule has 2 bridgehead atoms. The van der Waals surface area contributed by atoms with E-state index in [0.717, 1.165) is 9.04 Å². The minimum Gasteiger partial charge on any atom is -0.493 e. The lowest BCUT2D eigenvalue weighted by Crippen LogP contribution is -2.57. The van der Waals surface area contributed by atoms with Crippen molar-refractivity contribution in [2.45, 2.75) is 50.0 Å². The highest BCUT2D eigenvalue weighted by atomic mass is 32.2. The summed E-state index contributed by atoms with van der Waals surface area (Å²) in [6.45, 7) is 3.89. The fraction of sp³-hybridized carbons (Fsp3) is 0.500. The Morgan fingerprint density at radius 3 is 2.47 bits per heavy atom. The van der Waals surface area contributed by atoms with Gasteiger partial charge in [0.05, 0.1) is 29.3 Å². The standard InChI is InChI=1S/C26H32N6O10S/c1-5-7-16-19-20(30(4)28-16)24(35)27-23-15-12-14(8-9-17(15)40-6-2)43(38,39)31-11-10-29(3)13-18(31)41-25(36)21(33)22(34)26(37)42-32(19)23/h8-9,12,18,21-22,33-34H,5-7,10-11,13H2,1-4H3. The van der Waals surface area contributed by atoms with Crippen molar-refractivity contribution in [1.29, 1.82) is 0 Å². The molecule has 3 atom stereocenters. The Balaban J connectivity index is 1.86. The van der Waals surface area contributed by atoms with Gasteiger partial charge >= 0.3 is 11.9 Å². The highest BCUT2D eigenvalue weighted by Crippen LogP contribution is 2.34. The van der Waals surface area contributed by atoms with Crippen molar-refractivity contribution in [1.82, 2.24) is 28.7 Å². The Labute approximate surface area is 246 Å². The molecule has 1 aromatic carbocycles. The van der Waals surface area contributed by atoms with Gasteiger partial charge in [0.1, 0.15) is 11.3 Å². The number of nitrogens with zero attached hydrogens (tertiary/aromatic N) is 6. The molecule has 0 aliphatic carbocycles. The molecule has 3 aromatic rings. The summed E-state index contributed by atoms with van der Waals surface area (Å²) in [4.78, 5) is 50.6. The first-order valence-electron chi connectivity index (χ1n) is 13.6. The third-order valence-corrected chi connectivity index (χ3v) is 9.07. The number of fused-ring (bicyclic) bond motifs is 7. The Bertz CT molecular complexity index is 1750. The van der Waals surface area contributed by atoms with Crippen LogP contribution in [-0.2, 0) is 37.8 Å². The first-order valence-corrected chi connectivity index (χ1v) is 15.1. The van der Waals surface area contributed by atoms with Gasteiger partial charge in [-0.1, -0.05) is 13.3 Å². The number of aryl methyl sites for hydroxylation is 2. The van der Waals surface area contributed by atoms with Gasteiger partial charge in [-0.25, -0.2) is 18.0 Å². The maximum absolute atomic E-state index is 14.0. The highest BCUT2D eigenvalue weighted by Gasteiger charge is 2.42. The van der Waals surface area contributed by atoms with Gasteiger partial charge in [-0.05, 0) is 38.6 Å². The molecule has 232 valence electrons. The summed E-state index contributed by atoms with van der Waals surface area (Å²) in [6.07, 6.45) is -5.35. The van der Waals surface area contributed by atoms with Gasteiger partial charge in [-0.15, -0.1) is 0 Å². The van der Waals surface area contributed by atoms with Crippen molar-refractivity contribution >= 4 is 33.0 Å². The Morgan fingerprint density at radius 2 is 1.77 bits per heavy atom. The zero-order valence-electron chi connectivity index (χ0n) is 24.0. The van der Waals surface area contributed by atoms with Gasteiger partial charge in [0, 0.05) is 20.1 Å².